The quantitative estimate of drug-likeness (QED) is 0.529. The number of aromatic nitrogens is 3. The Morgan fingerprint density at radius 3 is 2.56 bits per heavy atom. The molecule has 1 N–H and O–H groups in total. The van der Waals surface area contributed by atoms with Crippen molar-refractivity contribution in [1.82, 2.24) is 14.5 Å². The second-order valence-electron chi connectivity index (χ2n) is 5.50. The molecule has 0 radical (unpaired) electrons. The van der Waals surface area contributed by atoms with Gasteiger partial charge in [0.05, 0.1) is 30.7 Å². The van der Waals surface area contributed by atoms with Gasteiger partial charge in [0.15, 0.2) is 5.58 Å². The molecule has 0 saturated heterocycles. The topological polar surface area (TPSA) is 134 Å². The number of methoxy groups -OCH3 is 2. The SMILES string of the molecule is COC(=O)c1nc2c3ncccc3c3c(c(C(=O)OC)cn3C(=O)O)c2o1. The van der Waals surface area contributed by atoms with Crippen molar-refractivity contribution in [3.05, 3.63) is 36.0 Å². The molecule has 3 aromatic heterocycles. The van der Waals surface area contributed by atoms with Crippen LogP contribution in [-0.2, 0) is 9.47 Å². The van der Waals surface area contributed by atoms with Crippen LogP contribution in [0, 0.1) is 0 Å². The monoisotopic (exact) mass is 369 g/mol. The number of carbonyl (C=O) groups is 3. The number of fused-ring (bicyclic) bond motifs is 6. The molecule has 0 aliphatic rings. The van der Waals surface area contributed by atoms with Gasteiger partial charge in [0.25, 0.3) is 0 Å². The molecule has 0 unspecified atom stereocenters. The van der Waals surface area contributed by atoms with Crippen molar-refractivity contribution in [1.29, 1.82) is 0 Å². The lowest BCUT2D eigenvalue weighted by Crippen LogP contribution is -2.06. The third-order valence-electron chi connectivity index (χ3n) is 4.12. The lowest BCUT2D eigenvalue weighted by atomic mass is 10.1. The number of esters is 2. The summed E-state index contributed by atoms with van der Waals surface area (Å²) in [5, 5.41) is 10.2. The first kappa shape index (κ1) is 16.5. The molecule has 27 heavy (non-hydrogen) atoms. The predicted molar refractivity (Wildman–Crippen MR) is 90.9 cm³/mol. The Morgan fingerprint density at radius 1 is 1.15 bits per heavy atom. The third-order valence-corrected chi connectivity index (χ3v) is 4.12. The highest BCUT2D eigenvalue weighted by Crippen LogP contribution is 2.37. The third kappa shape index (κ3) is 2.23. The van der Waals surface area contributed by atoms with E-state index in [1.165, 1.54) is 20.4 Å². The molecule has 0 atom stereocenters. The van der Waals surface area contributed by atoms with Gasteiger partial charge in [-0.15, -0.1) is 0 Å². The molecule has 0 bridgehead atoms. The van der Waals surface area contributed by atoms with Gasteiger partial charge in [-0.25, -0.2) is 19.4 Å². The molecule has 136 valence electrons. The maximum absolute atomic E-state index is 12.2. The van der Waals surface area contributed by atoms with Gasteiger partial charge < -0.3 is 19.0 Å². The Kier molecular flexibility index (Phi) is 3.55. The van der Waals surface area contributed by atoms with Crippen molar-refractivity contribution in [3.8, 4) is 0 Å². The number of ether oxygens (including phenoxy) is 2. The molecule has 10 nitrogen and oxygen atoms in total. The zero-order chi connectivity index (χ0) is 19.3. The molecule has 0 amide bonds. The summed E-state index contributed by atoms with van der Waals surface area (Å²) in [5.74, 6) is -1.92. The zero-order valence-corrected chi connectivity index (χ0v) is 14.0. The number of carboxylic acid groups (broad SMARTS) is 1. The lowest BCUT2D eigenvalue weighted by Gasteiger charge is -2.04. The van der Waals surface area contributed by atoms with Crippen molar-refractivity contribution >= 4 is 50.9 Å². The Bertz CT molecular complexity index is 1270. The van der Waals surface area contributed by atoms with Crippen molar-refractivity contribution in [2.24, 2.45) is 0 Å². The van der Waals surface area contributed by atoms with Crippen LogP contribution < -0.4 is 0 Å². The van der Waals surface area contributed by atoms with Crippen molar-refractivity contribution in [2.45, 2.75) is 0 Å². The maximum Gasteiger partial charge on any atom is 0.416 e. The fourth-order valence-electron chi connectivity index (χ4n) is 3.03. The summed E-state index contributed by atoms with van der Waals surface area (Å²) in [6.07, 6.45) is 1.31. The number of benzene rings is 1. The molecular formula is C17H11N3O7. The van der Waals surface area contributed by atoms with Crippen LogP contribution in [0.5, 0.6) is 0 Å². The number of hydrogen-bond donors (Lipinski definition) is 1. The summed E-state index contributed by atoms with van der Waals surface area (Å²) in [6, 6.07) is 3.25. The minimum Gasteiger partial charge on any atom is -0.465 e. The zero-order valence-electron chi connectivity index (χ0n) is 14.0. The summed E-state index contributed by atoms with van der Waals surface area (Å²) < 4.78 is 15.8. The second kappa shape index (κ2) is 5.80. The second-order valence-corrected chi connectivity index (χ2v) is 5.50. The summed E-state index contributed by atoms with van der Waals surface area (Å²) in [4.78, 5) is 44.2. The van der Waals surface area contributed by atoms with Gasteiger partial charge in [-0.2, -0.15) is 0 Å². The lowest BCUT2D eigenvalue weighted by molar-refractivity contribution is 0.0558. The smallest absolute Gasteiger partial charge is 0.416 e. The molecule has 0 aliphatic carbocycles. The Balaban J connectivity index is 2.30. The van der Waals surface area contributed by atoms with Crippen LogP contribution in [0.4, 0.5) is 4.79 Å². The van der Waals surface area contributed by atoms with Crippen molar-refractivity contribution in [2.75, 3.05) is 14.2 Å². The number of pyridine rings is 1. The van der Waals surface area contributed by atoms with E-state index in [-0.39, 0.29) is 33.5 Å². The van der Waals surface area contributed by atoms with Gasteiger partial charge in [-0.1, -0.05) is 0 Å². The predicted octanol–water partition coefficient (Wildman–Crippen LogP) is 2.43. The first-order valence-corrected chi connectivity index (χ1v) is 7.60. The van der Waals surface area contributed by atoms with E-state index in [9.17, 15) is 19.5 Å². The van der Waals surface area contributed by atoms with E-state index in [1.54, 1.807) is 12.1 Å². The van der Waals surface area contributed by atoms with E-state index in [4.69, 9.17) is 9.15 Å². The van der Waals surface area contributed by atoms with Crippen LogP contribution in [0.15, 0.2) is 28.9 Å². The number of oxazole rings is 1. The molecule has 0 spiro atoms. The number of nitrogens with zero attached hydrogens (tertiary/aromatic N) is 3. The van der Waals surface area contributed by atoms with E-state index in [0.29, 0.717) is 10.9 Å². The van der Waals surface area contributed by atoms with E-state index in [2.05, 4.69) is 14.7 Å². The molecule has 4 aromatic rings. The molecular weight excluding hydrogens is 358 g/mol. The van der Waals surface area contributed by atoms with Crippen LogP contribution in [-0.4, -0.2) is 51.9 Å². The van der Waals surface area contributed by atoms with Crippen LogP contribution >= 0.6 is 0 Å². The van der Waals surface area contributed by atoms with E-state index in [1.807, 2.05) is 0 Å². The van der Waals surface area contributed by atoms with Crippen LogP contribution in [0.2, 0.25) is 0 Å². The van der Waals surface area contributed by atoms with Crippen molar-refractivity contribution < 1.29 is 33.4 Å². The fourth-order valence-corrected chi connectivity index (χ4v) is 3.03. The first-order chi connectivity index (χ1) is 13.0. The summed E-state index contributed by atoms with van der Waals surface area (Å²) >= 11 is 0. The molecule has 0 saturated carbocycles. The van der Waals surface area contributed by atoms with Gasteiger partial charge in [-0.05, 0) is 12.1 Å². The largest absolute Gasteiger partial charge is 0.465 e. The summed E-state index contributed by atoms with van der Waals surface area (Å²) in [7, 11) is 2.34. The van der Waals surface area contributed by atoms with Crippen LogP contribution in [0.3, 0.4) is 0 Å². The molecule has 4 rings (SSSR count). The van der Waals surface area contributed by atoms with E-state index < -0.39 is 18.0 Å². The number of carbonyl (C=O) groups excluding carboxylic acids is 2. The van der Waals surface area contributed by atoms with E-state index >= 15 is 0 Å². The highest BCUT2D eigenvalue weighted by atomic mass is 16.5. The molecule has 1 aromatic carbocycles. The average Bonchev–Trinajstić information content (AvgIpc) is 3.29. The normalized spacial score (nSPS) is 11.2. The number of hydrogen-bond acceptors (Lipinski definition) is 8. The summed E-state index contributed by atoms with van der Waals surface area (Å²) in [6.45, 7) is 0. The molecule has 0 fully saturated rings. The maximum atomic E-state index is 12.2. The number of rotatable bonds is 2. The summed E-state index contributed by atoms with van der Waals surface area (Å²) in [5.41, 5.74) is 0.684. The van der Waals surface area contributed by atoms with Gasteiger partial charge >= 0.3 is 23.9 Å². The first-order valence-electron chi connectivity index (χ1n) is 7.60. The van der Waals surface area contributed by atoms with Crippen LogP contribution in [0.25, 0.3) is 32.9 Å². The van der Waals surface area contributed by atoms with E-state index in [0.717, 1.165) is 10.8 Å². The van der Waals surface area contributed by atoms with Crippen LogP contribution in [0.1, 0.15) is 21.0 Å². The highest BCUT2D eigenvalue weighted by molar-refractivity contribution is 6.26. The fraction of sp³-hybridized carbons (Fsp3) is 0.118. The Morgan fingerprint density at radius 2 is 1.89 bits per heavy atom. The Labute approximate surface area is 149 Å². The molecule has 10 heteroatoms. The van der Waals surface area contributed by atoms with Gasteiger partial charge in [0.1, 0.15) is 11.0 Å². The standard InChI is InChI=1S/C17H11N3O7/c1-25-15(21)8-6-20(17(23)24)12-7-4-3-5-18-10(7)11-13(9(8)12)27-14(19-11)16(22)26-2/h3-6H,1-2H3,(H,23,24). The average molecular weight is 369 g/mol. The Hall–Kier alpha value is -3.95. The van der Waals surface area contributed by atoms with Gasteiger partial charge in [0.2, 0.25) is 0 Å². The van der Waals surface area contributed by atoms with Crippen molar-refractivity contribution in [3.63, 3.8) is 0 Å². The van der Waals surface area contributed by atoms with Gasteiger partial charge in [-0.3, -0.25) is 9.55 Å². The highest BCUT2D eigenvalue weighted by Gasteiger charge is 2.28. The van der Waals surface area contributed by atoms with Gasteiger partial charge in [0, 0.05) is 17.8 Å². The molecule has 3 heterocycles. The minimum atomic E-state index is -1.31. The molecule has 0 aliphatic heterocycles. The minimum absolute atomic E-state index is 0.0389.